The number of hydrogen-bond acceptors (Lipinski definition) is 10. The van der Waals surface area contributed by atoms with Crippen molar-refractivity contribution in [2.45, 2.75) is 39.8 Å². The van der Waals surface area contributed by atoms with Gasteiger partial charge in [0.1, 0.15) is 6.10 Å². The number of nitrogens with one attached hydrogen (secondary N) is 1. The minimum Gasteiger partial charge on any atom is -0.341 e. The number of sulfonamides is 1. The lowest BCUT2D eigenvalue weighted by molar-refractivity contribution is -0.277. The van der Waals surface area contributed by atoms with Gasteiger partial charge in [-0.15, -0.1) is 0 Å². The maximum absolute atomic E-state index is 12.4. The third-order valence-corrected chi connectivity index (χ3v) is 16.5. The quantitative estimate of drug-likeness (QED) is 0.0546. The first kappa shape index (κ1) is 76.0. The van der Waals surface area contributed by atoms with E-state index in [2.05, 4.69) is 72.3 Å². The van der Waals surface area contributed by atoms with Crippen LogP contribution in [0.5, 0.6) is 0 Å². The summed E-state index contributed by atoms with van der Waals surface area (Å²) in [5, 5.41) is 12.8. The lowest BCUT2D eigenvalue weighted by Gasteiger charge is -2.18. The number of benzene rings is 11. The zero-order valence-electron chi connectivity index (χ0n) is 56.8. The Morgan fingerprint density at radius 3 is 1.15 bits per heavy atom. The molecule has 13 nitrogen and oxygen atoms in total. The summed E-state index contributed by atoms with van der Waals surface area (Å²) in [5.41, 5.74) is 12.7. The van der Waals surface area contributed by atoms with Crippen molar-refractivity contribution in [3.8, 4) is 0 Å². The molecule has 508 valence electrons. The molecule has 2 heterocycles. The van der Waals surface area contributed by atoms with Gasteiger partial charge in [0.05, 0.1) is 28.4 Å². The number of rotatable bonds is 11. The number of carbonyl (C=O) groups is 5. The average Bonchev–Trinajstić information content (AvgIpc) is 1.69. The van der Waals surface area contributed by atoms with Crippen LogP contribution in [0.3, 0.4) is 0 Å². The number of para-hydroxylation sites is 2. The predicted molar refractivity (Wildman–Crippen MR) is 411 cm³/mol. The van der Waals surface area contributed by atoms with Crippen molar-refractivity contribution in [3.05, 3.63) is 400 Å². The Morgan fingerprint density at radius 2 is 0.792 bits per heavy atom. The Balaban J connectivity index is 0.000000166. The van der Waals surface area contributed by atoms with Crippen molar-refractivity contribution in [2.24, 2.45) is 0 Å². The van der Waals surface area contributed by atoms with Gasteiger partial charge in [-0.25, -0.2) is 13.3 Å². The van der Waals surface area contributed by atoms with E-state index in [1.807, 2.05) is 231 Å². The van der Waals surface area contributed by atoms with Crippen LogP contribution in [0.4, 0.5) is 5.69 Å². The molecule has 12 aromatic rings. The highest BCUT2D eigenvalue weighted by Gasteiger charge is 2.41. The summed E-state index contributed by atoms with van der Waals surface area (Å²) in [4.78, 5) is 75.6. The van der Waals surface area contributed by atoms with Crippen molar-refractivity contribution in [1.82, 2.24) is 8.87 Å². The van der Waals surface area contributed by atoms with Crippen LogP contribution in [0.1, 0.15) is 118 Å². The number of pyridine rings is 1. The minimum absolute atomic E-state index is 0.126. The summed E-state index contributed by atoms with van der Waals surface area (Å²) in [6, 6.07) is 91.7. The number of fused-ring (bicyclic) bond motifs is 5. The third kappa shape index (κ3) is 21.6. The van der Waals surface area contributed by atoms with Crippen LogP contribution < -0.4 is 10.7 Å². The SMILES string of the molecule is C=Cc1ccccc1.C=Cc1ccccc1.C=Cc1ccccc1.C=Cc1ccccc1.CC(=O)Nc1ccc2c(c1)C(=O)c1ccccc1C2=O.CC(OO)c1ccc(Cc2ccccc2)cc1.CCn1c2ccccc2c(=O)c2ccccc21.CS(=O)(=O)N1C(=O)c2ccccc2C1=O. The number of hydrogen-bond donors (Lipinski definition) is 2. The Labute approximate surface area is 590 Å². The molecule has 1 aliphatic heterocycles. The summed E-state index contributed by atoms with van der Waals surface area (Å²) in [7, 11) is -3.83. The fraction of sp³-hybridized carbons (Fsp3) is 0.0805. The van der Waals surface area contributed by atoms with Crippen LogP contribution in [-0.2, 0) is 32.7 Å². The van der Waals surface area contributed by atoms with E-state index in [1.165, 1.54) is 52.4 Å². The molecule has 101 heavy (non-hydrogen) atoms. The topological polar surface area (TPSA) is 186 Å². The van der Waals surface area contributed by atoms with Crippen molar-refractivity contribution >= 4 is 91.1 Å². The van der Waals surface area contributed by atoms with Crippen molar-refractivity contribution < 1.29 is 42.5 Å². The van der Waals surface area contributed by atoms with E-state index in [0.29, 0.717) is 27.9 Å². The Bertz CT molecular complexity index is 4720. The largest absolute Gasteiger partial charge is 0.341 e. The number of imide groups is 1. The molecule has 0 radical (unpaired) electrons. The van der Waals surface area contributed by atoms with Gasteiger partial charge in [-0.2, -0.15) is 4.31 Å². The molecule has 0 saturated carbocycles. The smallest absolute Gasteiger partial charge is 0.275 e. The van der Waals surface area contributed by atoms with Crippen LogP contribution in [-0.4, -0.2) is 58.1 Å². The van der Waals surface area contributed by atoms with E-state index in [0.717, 1.165) is 46.6 Å². The molecule has 1 atom stereocenters. The second-order valence-electron chi connectivity index (χ2n) is 22.5. The number of ketones is 2. The fourth-order valence-corrected chi connectivity index (χ4v) is 11.2. The summed E-state index contributed by atoms with van der Waals surface area (Å²) in [6.45, 7) is 20.7. The number of aryl methyl sites for hydroxylation is 1. The Hall–Kier alpha value is -12.3. The molecule has 0 spiro atoms. The molecule has 0 bridgehead atoms. The lowest BCUT2D eigenvalue weighted by atomic mass is 9.84. The van der Waals surface area contributed by atoms with Crippen LogP contribution in [0.25, 0.3) is 46.1 Å². The first-order valence-electron chi connectivity index (χ1n) is 32.3. The normalized spacial score (nSPS) is 11.5. The standard InChI is InChI=1S/C16H11NO3.C15H13NO.C15H16O2.C9H7NO4S.4C8H8/c1-9(18)17-10-6-7-13-14(8-10)16(20)12-5-3-2-4-11(12)15(13)19;1-2-16-13-9-5-3-7-11(13)15(17)12-8-4-6-10-14(12)16;1-12(17-16)15-9-7-14(8-10-15)11-13-5-3-2-4-6-13;1-15(13,14)10-8(11)6-4-2-3-5-7(6)9(10)12;4*1-2-8-6-4-3-5-7-8/h2-8H,1H3,(H,17,18);3-10H,2H2,1H3;2-10,12,16H,11H2,1H3;2-5H,1H3;4*2-7H,1H2. The predicted octanol–water partition coefficient (Wildman–Crippen LogP) is 19.0. The summed E-state index contributed by atoms with van der Waals surface area (Å²) in [5.74, 6) is -2.14. The summed E-state index contributed by atoms with van der Waals surface area (Å²) < 4.78 is 24.9. The first-order chi connectivity index (χ1) is 48.8. The zero-order valence-corrected chi connectivity index (χ0v) is 57.6. The van der Waals surface area contributed by atoms with Gasteiger partial charge < -0.3 is 9.88 Å². The van der Waals surface area contributed by atoms with Crippen molar-refractivity contribution in [2.75, 3.05) is 11.6 Å². The molecule has 1 aliphatic carbocycles. The minimum atomic E-state index is -3.83. The number of anilines is 1. The third-order valence-electron chi connectivity index (χ3n) is 15.5. The molecule has 2 aliphatic rings. The van der Waals surface area contributed by atoms with Gasteiger partial charge in [-0.05, 0) is 114 Å². The first-order valence-corrected chi connectivity index (χ1v) is 34.1. The monoisotopic (exact) mass is 1360 g/mol. The van der Waals surface area contributed by atoms with Gasteiger partial charge in [0.25, 0.3) is 11.8 Å². The molecule has 14 rings (SSSR count). The van der Waals surface area contributed by atoms with E-state index in [9.17, 15) is 37.2 Å². The van der Waals surface area contributed by atoms with Gasteiger partial charge in [0.2, 0.25) is 15.9 Å². The molecule has 0 saturated heterocycles. The molecule has 1 aromatic heterocycles. The van der Waals surface area contributed by atoms with Crippen molar-refractivity contribution in [3.63, 3.8) is 0 Å². The zero-order chi connectivity index (χ0) is 72.7. The fourth-order valence-electron chi connectivity index (χ4n) is 10.4. The highest BCUT2D eigenvalue weighted by atomic mass is 32.2. The summed E-state index contributed by atoms with van der Waals surface area (Å²) in [6.07, 6.45) is 8.81. The molecule has 2 N–H and O–H groups in total. The average molecular weight is 1360 g/mol. The summed E-state index contributed by atoms with van der Waals surface area (Å²) >= 11 is 0. The number of amides is 3. The van der Waals surface area contributed by atoms with Gasteiger partial charge in [-0.1, -0.05) is 287 Å². The Morgan fingerprint density at radius 1 is 0.455 bits per heavy atom. The molecular weight excluding hydrogens is 1280 g/mol. The maximum atomic E-state index is 12.4. The lowest BCUT2D eigenvalue weighted by Crippen LogP contribution is -2.35. The molecular formula is C87H79N3O10S. The second-order valence-corrected chi connectivity index (χ2v) is 24.4. The number of carbonyl (C=O) groups excluding carboxylic acids is 5. The molecule has 3 amide bonds. The van der Waals surface area contributed by atoms with Crippen LogP contribution >= 0.6 is 0 Å². The Kier molecular flexibility index (Phi) is 29.0. The highest BCUT2D eigenvalue weighted by Crippen LogP contribution is 2.30. The van der Waals surface area contributed by atoms with Crippen LogP contribution in [0.15, 0.2) is 322 Å². The van der Waals surface area contributed by atoms with Gasteiger partial charge in [0, 0.05) is 52.2 Å². The van der Waals surface area contributed by atoms with E-state index in [4.69, 9.17) is 5.26 Å². The number of nitrogens with zero attached hydrogens (tertiary/aromatic N) is 2. The van der Waals surface area contributed by atoms with E-state index in [-0.39, 0.29) is 44.4 Å². The molecule has 0 fully saturated rings. The highest BCUT2D eigenvalue weighted by molar-refractivity contribution is 7.89. The van der Waals surface area contributed by atoms with E-state index in [1.54, 1.807) is 54.6 Å². The molecule has 1 unspecified atom stereocenters. The van der Waals surface area contributed by atoms with Gasteiger partial charge >= 0.3 is 0 Å². The van der Waals surface area contributed by atoms with Gasteiger partial charge in [-0.3, -0.25) is 34.0 Å². The maximum Gasteiger partial charge on any atom is 0.275 e. The van der Waals surface area contributed by atoms with Gasteiger partial charge in [0.15, 0.2) is 17.0 Å². The molecule has 14 heteroatoms. The second kappa shape index (κ2) is 38.6. The van der Waals surface area contributed by atoms with Crippen LogP contribution in [0, 0.1) is 0 Å². The van der Waals surface area contributed by atoms with Crippen LogP contribution in [0.2, 0.25) is 0 Å². The van der Waals surface area contributed by atoms with E-state index < -0.39 is 21.8 Å². The van der Waals surface area contributed by atoms with Crippen molar-refractivity contribution in [1.29, 1.82) is 0 Å². The number of aromatic nitrogens is 1. The van der Waals surface area contributed by atoms with E-state index >= 15 is 0 Å². The molecule has 11 aromatic carbocycles.